The summed E-state index contributed by atoms with van der Waals surface area (Å²) in [6.07, 6.45) is -2.59. The highest BCUT2D eigenvalue weighted by Crippen LogP contribution is 2.26. The van der Waals surface area contributed by atoms with Crippen LogP contribution in [0.2, 0.25) is 0 Å². The Balaban J connectivity index is 2.34. The first-order valence-corrected chi connectivity index (χ1v) is 6.48. The molecule has 0 heterocycles. The largest absolute Gasteiger partial charge is 0.370 e. The molecule has 0 saturated carbocycles. The van der Waals surface area contributed by atoms with Gasteiger partial charge in [0.1, 0.15) is 6.04 Å². The maximum absolute atomic E-state index is 12.8. The molecule has 1 unspecified atom stereocenters. The molecule has 3 nitrogen and oxygen atoms in total. The summed E-state index contributed by atoms with van der Waals surface area (Å²) in [4.78, 5) is 11.7. The number of amides is 1. The molecule has 110 valence electrons. The average molecular weight is 290 g/mol. The summed E-state index contributed by atoms with van der Waals surface area (Å²) in [6, 6.07) is 12.2. The number of alkyl halides is 2. The average Bonchev–Trinajstić information content (AvgIpc) is 2.46. The lowest BCUT2D eigenvalue weighted by Crippen LogP contribution is -2.28. The van der Waals surface area contributed by atoms with Crippen molar-refractivity contribution < 1.29 is 13.6 Å². The van der Waals surface area contributed by atoms with Crippen LogP contribution in [-0.4, -0.2) is 5.91 Å². The fraction of sp³-hybridized carbons (Fsp3) is 0.188. The van der Waals surface area contributed by atoms with Crippen molar-refractivity contribution in [2.75, 3.05) is 5.32 Å². The first kappa shape index (κ1) is 15.0. The lowest BCUT2D eigenvalue weighted by atomic mass is 10.0. The molecule has 1 atom stereocenters. The maximum Gasteiger partial charge on any atom is 0.263 e. The number of hydrogen-bond acceptors (Lipinski definition) is 2. The second-order valence-electron chi connectivity index (χ2n) is 4.77. The molecule has 0 aliphatic rings. The van der Waals surface area contributed by atoms with E-state index in [2.05, 4.69) is 5.32 Å². The van der Waals surface area contributed by atoms with Crippen molar-refractivity contribution in [3.05, 3.63) is 65.2 Å². The zero-order chi connectivity index (χ0) is 15.4. The van der Waals surface area contributed by atoms with Crippen LogP contribution in [0.1, 0.15) is 29.2 Å². The summed E-state index contributed by atoms with van der Waals surface area (Å²) in [5.74, 6) is -0.621. The molecule has 2 aromatic carbocycles. The van der Waals surface area contributed by atoms with Gasteiger partial charge in [-0.1, -0.05) is 36.4 Å². The van der Waals surface area contributed by atoms with Crippen LogP contribution >= 0.6 is 0 Å². The standard InChI is InChI=1S/C16H16F2N2O/c1-10-5-2-3-8-13(10)20-14(16(19)21)11-6-4-7-12(9-11)15(17)18/h2-9,14-15,20H,1H3,(H2,19,21). The molecule has 0 bridgehead atoms. The molecule has 3 N–H and O–H groups in total. The lowest BCUT2D eigenvalue weighted by molar-refractivity contribution is -0.118. The number of carbonyl (C=O) groups is 1. The molecule has 0 aliphatic carbocycles. The van der Waals surface area contributed by atoms with Gasteiger partial charge < -0.3 is 11.1 Å². The number of hydrogen-bond donors (Lipinski definition) is 2. The van der Waals surface area contributed by atoms with Crippen molar-refractivity contribution in [1.82, 2.24) is 0 Å². The minimum atomic E-state index is -2.59. The highest BCUT2D eigenvalue weighted by Gasteiger charge is 2.19. The van der Waals surface area contributed by atoms with Gasteiger partial charge in [0.25, 0.3) is 6.43 Å². The molecule has 1 amide bonds. The number of nitrogens with one attached hydrogen (secondary N) is 1. The Morgan fingerprint density at radius 1 is 1.10 bits per heavy atom. The third kappa shape index (κ3) is 3.56. The number of anilines is 1. The van der Waals surface area contributed by atoms with Crippen LogP contribution in [-0.2, 0) is 4.79 Å². The molecule has 21 heavy (non-hydrogen) atoms. The zero-order valence-corrected chi connectivity index (χ0v) is 11.5. The molecular weight excluding hydrogens is 274 g/mol. The number of para-hydroxylation sites is 1. The third-order valence-electron chi connectivity index (χ3n) is 3.23. The molecule has 0 spiro atoms. The van der Waals surface area contributed by atoms with Crippen molar-refractivity contribution in [2.24, 2.45) is 5.73 Å². The van der Waals surface area contributed by atoms with Gasteiger partial charge in [-0.2, -0.15) is 0 Å². The van der Waals surface area contributed by atoms with Crippen molar-refractivity contribution in [2.45, 2.75) is 19.4 Å². The van der Waals surface area contributed by atoms with Crippen molar-refractivity contribution in [3.63, 3.8) is 0 Å². The highest BCUT2D eigenvalue weighted by atomic mass is 19.3. The van der Waals surface area contributed by atoms with E-state index in [1.807, 2.05) is 31.2 Å². The Morgan fingerprint density at radius 3 is 2.38 bits per heavy atom. The lowest BCUT2D eigenvalue weighted by Gasteiger charge is -2.19. The predicted octanol–water partition coefficient (Wildman–Crippen LogP) is 3.57. The SMILES string of the molecule is Cc1ccccc1NC(C(N)=O)c1cccc(C(F)F)c1. The fourth-order valence-corrected chi connectivity index (χ4v) is 2.08. The molecule has 0 radical (unpaired) electrons. The number of nitrogens with two attached hydrogens (primary N) is 1. The maximum atomic E-state index is 12.8. The van der Waals surface area contributed by atoms with Crippen LogP contribution in [0.3, 0.4) is 0 Å². The Labute approximate surface area is 121 Å². The zero-order valence-electron chi connectivity index (χ0n) is 11.5. The number of benzene rings is 2. The minimum absolute atomic E-state index is 0.134. The summed E-state index contributed by atoms with van der Waals surface area (Å²) in [6.45, 7) is 1.88. The van der Waals surface area contributed by atoms with Crippen molar-refractivity contribution in [3.8, 4) is 0 Å². The summed E-state index contributed by atoms with van der Waals surface area (Å²) >= 11 is 0. The molecule has 2 rings (SSSR count). The predicted molar refractivity (Wildman–Crippen MR) is 78.1 cm³/mol. The van der Waals surface area contributed by atoms with E-state index in [1.54, 1.807) is 6.07 Å². The molecule has 2 aromatic rings. The molecular formula is C16H16F2N2O. The van der Waals surface area contributed by atoms with E-state index in [0.29, 0.717) is 5.56 Å². The first-order valence-electron chi connectivity index (χ1n) is 6.48. The molecule has 0 fully saturated rings. The van der Waals surface area contributed by atoms with Crippen LogP contribution < -0.4 is 11.1 Å². The highest BCUT2D eigenvalue weighted by molar-refractivity contribution is 5.84. The van der Waals surface area contributed by atoms with E-state index in [9.17, 15) is 13.6 Å². The molecule has 5 heteroatoms. The van der Waals surface area contributed by atoms with Gasteiger partial charge >= 0.3 is 0 Å². The number of aryl methyl sites for hydroxylation is 1. The van der Waals surface area contributed by atoms with Crippen LogP contribution in [0.15, 0.2) is 48.5 Å². The van der Waals surface area contributed by atoms with Crippen molar-refractivity contribution in [1.29, 1.82) is 0 Å². The topological polar surface area (TPSA) is 55.1 Å². The second-order valence-corrected chi connectivity index (χ2v) is 4.77. The van der Waals surface area contributed by atoms with E-state index in [1.165, 1.54) is 18.2 Å². The van der Waals surface area contributed by atoms with E-state index >= 15 is 0 Å². The van der Waals surface area contributed by atoms with Gasteiger partial charge in [0.05, 0.1) is 0 Å². The van der Waals surface area contributed by atoms with Gasteiger partial charge in [-0.25, -0.2) is 8.78 Å². The third-order valence-corrected chi connectivity index (χ3v) is 3.23. The second kappa shape index (κ2) is 6.35. The monoisotopic (exact) mass is 290 g/mol. The summed E-state index contributed by atoms with van der Waals surface area (Å²) in [5, 5.41) is 3.01. The van der Waals surface area contributed by atoms with Gasteiger partial charge in [-0.3, -0.25) is 4.79 Å². The Hall–Kier alpha value is -2.43. The Kier molecular flexibility index (Phi) is 4.52. The van der Waals surface area contributed by atoms with Gasteiger partial charge in [-0.15, -0.1) is 0 Å². The van der Waals surface area contributed by atoms with Crippen molar-refractivity contribution >= 4 is 11.6 Å². The number of halogens is 2. The van der Waals surface area contributed by atoms with Gasteiger partial charge in [0.15, 0.2) is 0 Å². The van der Waals surface area contributed by atoms with Crippen LogP contribution in [0.4, 0.5) is 14.5 Å². The van der Waals surface area contributed by atoms with Gasteiger partial charge in [0.2, 0.25) is 5.91 Å². The Bertz CT molecular complexity index is 644. The number of primary amides is 1. The van der Waals surface area contributed by atoms with E-state index in [4.69, 9.17) is 5.73 Å². The summed E-state index contributed by atoms with van der Waals surface area (Å²) < 4.78 is 25.5. The molecule has 0 saturated heterocycles. The first-order chi connectivity index (χ1) is 9.99. The number of carbonyl (C=O) groups excluding carboxylic acids is 1. The van der Waals surface area contributed by atoms with E-state index < -0.39 is 18.4 Å². The van der Waals surface area contributed by atoms with Crippen LogP contribution in [0.5, 0.6) is 0 Å². The summed E-state index contributed by atoms with van der Waals surface area (Å²) in [5.41, 5.74) is 7.37. The molecule has 0 aliphatic heterocycles. The van der Waals surface area contributed by atoms with Gasteiger partial charge in [0, 0.05) is 11.3 Å². The summed E-state index contributed by atoms with van der Waals surface area (Å²) in [7, 11) is 0. The Morgan fingerprint density at radius 2 is 1.76 bits per heavy atom. The van der Waals surface area contributed by atoms with Crippen LogP contribution in [0, 0.1) is 6.92 Å². The van der Waals surface area contributed by atoms with E-state index in [-0.39, 0.29) is 5.56 Å². The van der Waals surface area contributed by atoms with Crippen LogP contribution in [0.25, 0.3) is 0 Å². The van der Waals surface area contributed by atoms with Gasteiger partial charge in [-0.05, 0) is 30.2 Å². The fourth-order valence-electron chi connectivity index (χ4n) is 2.08. The normalized spacial score (nSPS) is 12.2. The minimum Gasteiger partial charge on any atom is -0.370 e. The van der Waals surface area contributed by atoms with E-state index in [0.717, 1.165) is 11.3 Å². The number of rotatable bonds is 5. The smallest absolute Gasteiger partial charge is 0.263 e. The quantitative estimate of drug-likeness (QED) is 0.884. The molecule has 0 aromatic heterocycles.